The minimum absolute atomic E-state index is 0.00457. The Kier molecular flexibility index (Phi) is 4.91. The highest BCUT2D eigenvalue weighted by atomic mass is 79.9. The number of amides is 1. The summed E-state index contributed by atoms with van der Waals surface area (Å²) < 4.78 is 14.4. The van der Waals surface area contributed by atoms with Gasteiger partial charge in [0.15, 0.2) is 0 Å². The van der Waals surface area contributed by atoms with Crippen LogP contribution in [-0.4, -0.2) is 58.4 Å². The molecule has 2 aromatic rings. The van der Waals surface area contributed by atoms with Crippen LogP contribution in [0.15, 0.2) is 21.4 Å². The lowest BCUT2D eigenvalue weighted by Crippen LogP contribution is -2.57. The van der Waals surface area contributed by atoms with Gasteiger partial charge in [-0.15, -0.1) is 0 Å². The molecule has 9 heteroatoms. The Morgan fingerprint density at radius 3 is 2.68 bits per heavy atom. The second-order valence-electron chi connectivity index (χ2n) is 9.53. The minimum atomic E-state index is -0.536. The van der Waals surface area contributed by atoms with Crippen molar-refractivity contribution in [3.05, 3.63) is 27.1 Å². The lowest BCUT2D eigenvalue weighted by molar-refractivity contribution is 0.0207. The number of piperazine rings is 1. The number of carbonyl (C=O) groups excluding carboxylic acids is 1. The van der Waals surface area contributed by atoms with E-state index in [2.05, 4.69) is 25.8 Å². The van der Waals surface area contributed by atoms with Gasteiger partial charge in [-0.3, -0.25) is 4.57 Å². The van der Waals surface area contributed by atoms with E-state index in [0.717, 1.165) is 40.4 Å². The molecule has 0 radical (unpaired) electrons. The maximum Gasteiger partial charge on any atom is 0.410 e. The second kappa shape index (κ2) is 7.39. The molecule has 1 unspecified atom stereocenters. The van der Waals surface area contributed by atoms with Crippen molar-refractivity contribution in [2.75, 3.05) is 31.1 Å². The van der Waals surface area contributed by atoms with E-state index in [9.17, 15) is 9.59 Å². The third-order valence-corrected chi connectivity index (χ3v) is 6.42. The molecule has 0 N–H and O–H groups in total. The van der Waals surface area contributed by atoms with E-state index in [-0.39, 0.29) is 23.9 Å². The number of halogens is 1. The van der Waals surface area contributed by atoms with Crippen molar-refractivity contribution in [1.29, 1.82) is 0 Å². The van der Waals surface area contributed by atoms with Crippen LogP contribution in [-0.2, 0) is 4.74 Å². The molecular formula is C22H27BrN4O4. The van der Waals surface area contributed by atoms with Crippen LogP contribution >= 0.6 is 15.9 Å². The fraction of sp³-hybridized carbons (Fsp3) is 0.591. The Bertz CT molecular complexity index is 1110. The Morgan fingerprint density at radius 1 is 1.19 bits per heavy atom. The summed E-state index contributed by atoms with van der Waals surface area (Å²) in [4.78, 5) is 34.1. The number of aromatic nitrogens is 2. The molecule has 1 aromatic carbocycles. The number of carbonyl (C=O) groups is 1. The first-order valence-corrected chi connectivity index (χ1v) is 11.6. The summed E-state index contributed by atoms with van der Waals surface area (Å²) in [5, 5.41) is 0.880. The molecule has 166 valence electrons. The molecule has 1 atom stereocenters. The van der Waals surface area contributed by atoms with E-state index in [1.165, 1.54) is 0 Å². The van der Waals surface area contributed by atoms with Crippen molar-refractivity contribution in [2.24, 2.45) is 0 Å². The van der Waals surface area contributed by atoms with Gasteiger partial charge in [-0.05, 0) is 45.7 Å². The van der Waals surface area contributed by atoms with E-state index >= 15 is 0 Å². The third kappa shape index (κ3) is 3.88. The zero-order valence-corrected chi connectivity index (χ0v) is 19.6. The van der Waals surface area contributed by atoms with E-state index in [0.29, 0.717) is 32.1 Å². The molecule has 3 heterocycles. The quantitative estimate of drug-likeness (QED) is 0.606. The molecule has 0 spiro atoms. The van der Waals surface area contributed by atoms with Gasteiger partial charge < -0.3 is 19.3 Å². The minimum Gasteiger partial charge on any atom is -0.493 e. The predicted octanol–water partition coefficient (Wildman–Crippen LogP) is 3.70. The number of hydrogen-bond acceptors (Lipinski definition) is 6. The molecule has 1 aliphatic carbocycles. The molecule has 1 saturated carbocycles. The van der Waals surface area contributed by atoms with Gasteiger partial charge in [0.1, 0.15) is 17.2 Å². The number of hydrogen-bond donors (Lipinski definition) is 0. The largest absolute Gasteiger partial charge is 0.493 e. The van der Waals surface area contributed by atoms with Crippen LogP contribution in [0.3, 0.4) is 0 Å². The van der Waals surface area contributed by atoms with Crippen LogP contribution in [0.2, 0.25) is 0 Å². The average Bonchev–Trinajstić information content (AvgIpc) is 3.49. The number of benzene rings is 1. The number of rotatable bonds is 1. The van der Waals surface area contributed by atoms with Gasteiger partial charge in [0.05, 0.1) is 23.6 Å². The van der Waals surface area contributed by atoms with Gasteiger partial charge in [-0.2, -0.15) is 4.98 Å². The molecule has 1 amide bonds. The van der Waals surface area contributed by atoms with Gasteiger partial charge in [0.25, 0.3) is 0 Å². The zero-order valence-electron chi connectivity index (χ0n) is 18.1. The van der Waals surface area contributed by atoms with E-state index < -0.39 is 5.60 Å². The van der Waals surface area contributed by atoms with Crippen LogP contribution in [0.25, 0.3) is 10.9 Å². The van der Waals surface area contributed by atoms with E-state index in [1.54, 1.807) is 4.90 Å². The summed E-state index contributed by atoms with van der Waals surface area (Å²) >= 11 is 3.58. The fourth-order valence-corrected chi connectivity index (χ4v) is 4.90. The summed E-state index contributed by atoms with van der Waals surface area (Å²) in [6, 6.07) is 4.15. The molecule has 1 saturated heterocycles. The molecule has 2 fully saturated rings. The standard InChI is InChI=1S/C22H27BrN4O4/c1-22(2,3)31-21(29)25-7-8-26-15(12-25)6-9-30-17-11-13(23)10-16-18(17)19(26)24-20(28)27(16)14-4-5-14/h10-11,14-15H,4-9,12H2,1-3H3. The predicted molar refractivity (Wildman–Crippen MR) is 121 cm³/mol. The molecule has 2 aliphatic heterocycles. The van der Waals surface area contributed by atoms with Crippen LogP contribution in [0.4, 0.5) is 10.6 Å². The molecule has 8 nitrogen and oxygen atoms in total. The van der Waals surface area contributed by atoms with Crippen LogP contribution < -0.4 is 15.3 Å². The Labute approximate surface area is 189 Å². The maximum absolute atomic E-state index is 13.0. The highest BCUT2D eigenvalue weighted by Gasteiger charge is 2.36. The highest BCUT2D eigenvalue weighted by Crippen LogP contribution is 2.42. The van der Waals surface area contributed by atoms with Gasteiger partial charge in [0, 0.05) is 36.6 Å². The summed E-state index contributed by atoms with van der Waals surface area (Å²) in [7, 11) is 0. The number of fused-ring (bicyclic) bond motifs is 2. The second-order valence-corrected chi connectivity index (χ2v) is 10.4. The first-order chi connectivity index (χ1) is 14.7. The summed E-state index contributed by atoms with van der Waals surface area (Å²) in [6.45, 7) is 7.76. The lowest BCUT2D eigenvalue weighted by atomic mass is 10.1. The Morgan fingerprint density at radius 2 is 1.97 bits per heavy atom. The van der Waals surface area contributed by atoms with E-state index in [4.69, 9.17) is 9.47 Å². The smallest absolute Gasteiger partial charge is 0.410 e. The molecule has 3 aliphatic rings. The van der Waals surface area contributed by atoms with Crippen molar-refractivity contribution in [3.63, 3.8) is 0 Å². The molecule has 5 rings (SSSR count). The molecular weight excluding hydrogens is 464 g/mol. The van der Waals surface area contributed by atoms with E-state index in [1.807, 2.05) is 37.5 Å². The number of nitrogens with zero attached hydrogens (tertiary/aromatic N) is 4. The topological polar surface area (TPSA) is 76.9 Å². The summed E-state index contributed by atoms with van der Waals surface area (Å²) in [5.74, 6) is 1.40. The van der Waals surface area contributed by atoms with Crippen molar-refractivity contribution >= 4 is 38.7 Å². The van der Waals surface area contributed by atoms with Gasteiger partial charge in [0.2, 0.25) is 0 Å². The van der Waals surface area contributed by atoms with Crippen molar-refractivity contribution in [1.82, 2.24) is 14.5 Å². The first kappa shape index (κ1) is 20.6. The normalized spacial score (nSPS) is 21.2. The van der Waals surface area contributed by atoms with Crippen LogP contribution in [0.1, 0.15) is 46.1 Å². The van der Waals surface area contributed by atoms with Gasteiger partial charge in [-0.25, -0.2) is 9.59 Å². The maximum atomic E-state index is 13.0. The molecule has 0 bridgehead atoms. The monoisotopic (exact) mass is 490 g/mol. The van der Waals surface area contributed by atoms with Crippen LogP contribution in [0.5, 0.6) is 5.75 Å². The molecule has 1 aromatic heterocycles. The fourth-order valence-electron chi connectivity index (χ4n) is 4.47. The third-order valence-electron chi connectivity index (χ3n) is 5.96. The lowest BCUT2D eigenvalue weighted by Gasteiger charge is -2.43. The van der Waals surface area contributed by atoms with Crippen molar-refractivity contribution in [2.45, 2.75) is 57.7 Å². The highest BCUT2D eigenvalue weighted by molar-refractivity contribution is 9.10. The summed E-state index contributed by atoms with van der Waals surface area (Å²) in [6.07, 6.45) is 2.41. The average molecular weight is 491 g/mol. The van der Waals surface area contributed by atoms with Gasteiger partial charge >= 0.3 is 11.8 Å². The number of anilines is 1. The molecule has 31 heavy (non-hydrogen) atoms. The summed E-state index contributed by atoms with van der Waals surface area (Å²) in [5.41, 5.74) is 0.103. The van der Waals surface area contributed by atoms with Crippen LogP contribution in [0, 0.1) is 0 Å². The Balaban J connectivity index is 1.56. The zero-order chi connectivity index (χ0) is 21.9. The van der Waals surface area contributed by atoms with Crippen molar-refractivity contribution < 1.29 is 14.3 Å². The Hall–Kier alpha value is -2.29. The van der Waals surface area contributed by atoms with Gasteiger partial charge in [-0.1, -0.05) is 15.9 Å². The number of ether oxygens (including phenoxy) is 2. The SMILES string of the molecule is CC(C)(C)OC(=O)N1CCN2c3nc(=O)n(C4CC4)c4cc(Br)cc(c34)OCCC2C1. The van der Waals surface area contributed by atoms with Crippen molar-refractivity contribution in [3.8, 4) is 5.75 Å². The first-order valence-electron chi connectivity index (χ1n) is 10.8.